The zero-order valence-electron chi connectivity index (χ0n) is 7.70. The van der Waals surface area contributed by atoms with Gasteiger partial charge in [0.05, 0.1) is 5.75 Å². The number of rotatable bonds is 2. The molecular weight excluding hydrogens is 188 g/mol. The number of hydrogen-bond donors (Lipinski definition) is 1. The molecule has 1 atom stereocenters. The maximum atomic E-state index is 11.5. The fourth-order valence-corrected chi connectivity index (χ4v) is 3.65. The van der Waals surface area contributed by atoms with Crippen molar-refractivity contribution in [2.24, 2.45) is 5.92 Å². The van der Waals surface area contributed by atoms with Gasteiger partial charge >= 0.3 is 0 Å². The van der Waals surface area contributed by atoms with Crippen molar-refractivity contribution in [1.82, 2.24) is 9.62 Å². The summed E-state index contributed by atoms with van der Waals surface area (Å²) in [6.07, 6.45) is 1.93. The van der Waals surface area contributed by atoms with Crippen LogP contribution in [0.1, 0.15) is 12.8 Å². The number of nitrogens with one attached hydrogen (secondary N) is 1. The van der Waals surface area contributed by atoms with E-state index >= 15 is 0 Å². The summed E-state index contributed by atoms with van der Waals surface area (Å²) in [6.45, 7) is 3.48. The SMILES string of the molecule is O=S1(=O)CCCN1CC1CCNC1. The first kappa shape index (κ1) is 9.43. The third-order valence-corrected chi connectivity index (χ3v) is 4.75. The average molecular weight is 204 g/mol. The Morgan fingerprint density at radius 1 is 1.46 bits per heavy atom. The lowest BCUT2D eigenvalue weighted by molar-refractivity contribution is 0.376. The lowest BCUT2D eigenvalue weighted by Gasteiger charge is -2.17. The van der Waals surface area contributed by atoms with Crippen LogP contribution in [-0.2, 0) is 10.0 Å². The van der Waals surface area contributed by atoms with Gasteiger partial charge in [0.15, 0.2) is 0 Å². The van der Waals surface area contributed by atoms with Crippen molar-refractivity contribution in [1.29, 1.82) is 0 Å². The Bertz CT molecular complexity index is 270. The molecule has 0 aromatic carbocycles. The lowest BCUT2D eigenvalue weighted by Crippen LogP contribution is -2.32. The Morgan fingerprint density at radius 2 is 2.31 bits per heavy atom. The molecule has 0 bridgehead atoms. The smallest absolute Gasteiger partial charge is 0.214 e. The maximum absolute atomic E-state index is 11.5. The monoisotopic (exact) mass is 204 g/mol. The highest BCUT2D eigenvalue weighted by atomic mass is 32.2. The molecule has 0 spiro atoms. The summed E-state index contributed by atoms with van der Waals surface area (Å²) in [4.78, 5) is 0. The molecule has 76 valence electrons. The fourth-order valence-electron chi connectivity index (χ4n) is 2.05. The number of nitrogens with zero attached hydrogens (tertiary/aromatic N) is 1. The predicted molar refractivity (Wildman–Crippen MR) is 51.0 cm³/mol. The van der Waals surface area contributed by atoms with Crippen LogP contribution in [0.5, 0.6) is 0 Å². The summed E-state index contributed by atoms with van der Waals surface area (Å²) < 4.78 is 24.6. The molecule has 1 N–H and O–H groups in total. The van der Waals surface area contributed by atoms with E-state index in [2.05, 4.69) is 5.32 Å². The lowest BCUT2D eigenvalue weighted by atomic mass is 10.1. The van der Waals surface area contributed by atoms with E-state index in [4.69, 9.17) is 0 Å². The summed E-state index contributed by atoms with van der Waals surface area (Å²) in [5.74, 6) is 0.889. The van der Waals surface area contributed by atoms with Crippen LogP contribution >= 0.6 is 0 Å². The highest BCUT2D eigenvalue weighted by Gasteiger charge is 2.30. The molecule has 2 fully saturated rings. The molecular formula is C8H16N2O2S. The Kier molecular flexibility index (Phi) is 2.58. The Morgan fingerprint density at radius 3 is 2.85 bits per heavy atom. The summed E-state index contributed by atoms with van der Waals surface area (Å²) in [5.41, 5.74) is 0. The third kappa shape index (κ3) is 2.03. The van der Waals surface area contributed by atoms with Crippen LogP contribution < -0.4 is 5.32 Å². The molecule has 2 heterocycles. The second kappa shape index (κ2) is 3.55. The fraction of sp³-hybridized carbons (Fsp3) is 1.00. The summed E-state index contributed by atoms with van der Waals surface area (Å²) in [5, 5.41) is 3.25. The van der Waals surface area contributed by atoms with Gasteiger partial charge in [0, 0.05) is 13.1 Å². The summed E-state index contributed by atoms with van der Waals surface area (Å²) in [7, 11) is -2.87. The van der Waals surface area contributed by atoms with E-state index < -0.39 is 10.0 Å². The van der Waals surface area contributed by atoms with Gasteiger partial charge in [0.2, 0.25) is 10.0 Å². The van der Waals surface area contributed by atoms with Gasteiger partial charge in [0.25, 0.3) is 0 Å². The standard InChI is InChI=1S/C8H16N2O2S/c11-13(12)5-1-4-10(13)7-8-2-3-9-6-8/h8-9H,1-7H2. The van der Waals surface area contributed by atoms with Crippen molar-refractivity contribution in [2.45, 2.75) is 12.8 Å². The zero-order valence-corrected chi connectivity index (χ0v) is 8.52. The van der Waals surface area contributed by atoms with Crippen LogP contribution in [0.4, 0.5) is 0 Å². The quantitative estimate of drug-likeness (QED) is 0.668. The average Bonchev–Trinajstić information content (AvgIpc) is 2.63. The van der Waals surface area contributed by atoms with E-state index in [1.54, 1.807) is 4.31 Å². The molecule has 2 aliphatic heterocycles. The van der Waals surface area contributed by atoms with E-state index in [0.29, 0.717) is 11.7 Å². The van der Waals surface area contributed by atoms with Gasteiger partial charge in [-0.25, -0.2) is 12.7 Å². The zero-order chi connectivity index (χ0) is 9.31. The van der Waals surface area contributed by atoms with Crippen LogP contribution in [0, 0.1) is 5.92 Å². The largest absolute Gasteiger partial charge is 0.316 e. The van der Waals surface area contributed by atoms with Gasteiger partial charge in [-0.3, -0.25) is 0 Å². The molecule has 0 aromatic heterocycles. The molecule has 13 heavy (non-hydrogen) atoms. The van der Waals surface area contributed by atoms with E-state index in [1.165, 1.54) is 0 Å². The molecule has 0 radical (unpaired) electrons. The van der Waals surface area contributed by atoms with Crippen LogP contribution in [0.15, 0.2) is 0 Å². The Balaban J connectivity index is 1.94. The van der Waals surface area contributed by atoms with Crippen molar-refractivity contribution in [2.75, 3.05) is 31.9 Å². The highest BCUT2D eigenvalue weighted by Crippen LogP contribution is 2.18. The van der Waals surface area contributed by atoms with Gasteiger partial charge in [-0.05, 0) is 31.8 Å². The van der Waals surface area contributed by atoms with Crippen molar-refractivity contribution < 1.29 is 8.42 Å². The topological polar surface area (TPSA) is 49.4 Å². The molecule has 1 unspecified atom stereocenters. The van der Waals surface area contributed by atoms with E-state index in [1.807, 2.05) is 0 Å². The van der Waals surface area contributed by atoms with Gasteiger partial charge in [-0.2, -0.15) is 0 Å². The van der Waals surface area contributed by atoms with Crippen LogP contribution in [0.25, 0.3) is 0 Å². The van der Waals surface area contributed by atoms with Crippen LogP contribution in [-0.4, -0.2) is 44.7 Å². The molecule has 4 nitrogen and oxygen atoms in total. The molecule has 5 heteroatoms. The van der Waals surface area contributed by atoms with Crippen LogP contribution in [0.2, 0.25) is 0 Å². The first-order valence-electron chi connectivity index (χ1n) is 4.87. The second-order valence-corrected chi connectivity index (χ2v) is 5.97. The molecule has 2 aliphatic rings. The predicted octanol–water partition coefficient (Wildman–Crippen LogP) is -0.369. The van der Waals surface area contributed by atoms with E-state index in [9.17, 15) is 8.42 Å². The number of sulfonamides is 1. The van der Waals surface area contributed by atoms with Crippen molar-refractivity contribution in [3.8, 4) is 0 Å². The summed E-state index contributed by atoms with van der Waals surface area (Å²) >= 11 is 0. The second-order valence-electron chi connectivity index (χ2n) is 3.89. The minimum atomic E-state index is -2.87. The third-order valence-electron chi connectivity index (χ3n) is 2.83. The van der Waals surface area contributed by atoms with Crippen LogP contribution in [0.3, 0.4) is 0 Å². The number of hydrogen-bond acceptors (Lipinski definition) is 3. The molecule has 2 rings (SSSR count). The first-order valence-corrected chi connectivity index (χ1v) is 6.48. The maximum Gasteiger partial charge on any atom is 0.214 e. The Hall–Kier alpha value is -0.130. The van der Waals surface area contributed by atoms with Gasteiger partial charge < -0.3 is 5.32 Å². The Labute approximate surface area is 79.4 Å². The highest BCUT2D eigenvalue weighted by molar-refractivity contribution is 7.89. The normalized spacial score (nSPS) is 34.0. The molecule has 0 amide bonds. The minimum Gasteiger partial charge on any atom is -0.316 e. The van der Waals surface area contributed by atoms with Crippen molar-refractivity contribution in [3.63, 3.8) is 0 Å². The van der Waals surface area contributed by atoms with E-state index in [-0.39, 0.29) is 0 Å². The first-order chi connectivity index (χ1) is 6.18. The molecule has 0 aromatic rings. The van der Waals surface area contributed by atoms with E-state index in [0.717, 1.165) is 39.0 Å². The molecule has 0 saturated carbocycles. The van der Waals surface area contributed by atoms with Gasteiger partial charge in [0.1, 0.15) is 0 Å². The van der Waals surface area contributed by atoms with Gasteiger partial charge in [-0.1, -0.05) is 0 Å². The van der Waals surface area contributed by atoms with Gasteiger partial charge in [-0.15, -0.1) is 0 Å². The molecule has 0 aliphatic carbocycles. The van der Waals surface area contributed by atoms with Crippen molar-refractivity contribution >= 4 is 10.0 Å². The van der Waals surface area contributed by atoms with Crippen molar-refractivity contribution in [3.05, 3.63) is 0 Å². The summed E-state index contributed by atoms with van der Waals surface area (Å²) in [6, 6.07) is 0. The molecule has 2 saturated heterocycles. The minimum absolute atomic E-state index is 0.354.